The average molecular weight is 503 g/mol. The standard InChI is InChI=1S/C30H14S4/c1-3-7-23-17(5-1)27-29(31-23)19-11-9-15-14-22-16(13-21(15)25(19)33-27)10-12-20-26(22)34-28-18-6-2-4-8-24(18)32-30(20)28/h1-14H. The topological polar surface area (TPSA) is 0 Å². The van der Waals surface area contributed by atoms with Crippen LogP contribution in [0.2, 0.25) is 0 Å². The molecule has 4 heterocycles. The van der Waals surface area contributed by atoms with Crippen molar-refractivity contribution < 1.29 is 0 Å². The molecule has 34 heavy (non-hydrogen) atoms. The van der Waals surface area contributed by atoms with Gasteiger partial charge in [-0.2, -0.15) is 0 Å². The molecule has 0 nitrogen and oxygen atoms in total. The summed E-state index contributed by atoms with van der Waals surface area (Å²) in [5, 5.41) is 11.0. The fourth-order valence-electron chi connectivity index (χ4n) is 5.47. The van der Waals surface area contributed by atoms with Gasteiger partial charge in [0.15, 0.2) is 0 Å². The number of benzene rings is 5. The molecule has 0 fully saturated rings. The maximum atomic E-state index is 2.43. The predicted octanol–water partition coefficient (Wildman–Crippen LogP) is 11.2. The van der Waals surface area contributed by atoms with Gasteiger partial charge in [0.2, 0.25) is 0 Å². The number of hydrogen-bond acceptors (Lipinski definition) is 4. The smallest absolute Gasteiger partial charge is 0.0542 e. The van der Waals surface area contributed by atoms with Crippen LogP contribution in [-0.2, 0) is 0 Å². The van der Waals surface area contributed by atoms with E-state index in [1.807, 2.05) is 45.3 Å². The number of rotatable bonds is 0. The summed E-state index contributed by atoms with van der Waals surface area (Å²) < 4.78 is 11.4. The number of fused-ring (bicyclic) bond motifs is 14. The van der Waals surface area contributed by atoms with Crippen molar-refractivity contribution in [2.45, 2.75) is 0 Å². The lowest BCUT2D eigenvalue weighted by atomic mass is 10.0. The Hall–Kier alpha value is -3.02. The lowest BCUT2D eigenvalue weighted by Gasteiger charge is -2.05. The van der Waals surface area contributed by atoms with Crippen LogP contribution in [0.25, 0.3) is 80.7 Å². The highest BCUT2D eigenvalue weighted by molar-refractivity contribution is 7.37. The summed E-state index contributed by atoms with van der Waals surface area (Å²) in [5.41, 5.74) is 0. The van der Waals surface area contributed by atoms with Crippen molar-refractivity contribution in [1.82, 2.24) is 0 Å². The molecule has 0 N–H and O–H groups in total. The third-order valence-corrected chi connectivity index (χ3v) is 12.3. The first-order valence-electron chi connectivity index (χ1n) is 11.3. The molecule has 5 aromatic carbocycles. The summed E-state index contributed by atoms with van der Waals surface area (Å²) in [4.78, 5) is 0. The van der Waals surface area contributed by atoms with Gasteiger partial charge in [-0.25, -0.2) is 0 Å². The molecule has 0 aliphatic rings. The fourth-order valence-corrected chi connectivity index (χ4v) is 11.0. The van der Waals surface area contributed by atoms with Crippen molar-refractivity contribution >= 4 is 126 Å². The van der Waals surface area contributed by atoms with Crippen LogP contribution in [0.1, 0.15) is 0 Å². The van der Waals surface area contributed by atoms with E-state index in [-0.39, 0.29) is 0 Å². The largest absolute Gasteiger partial charge is 0.134 e. The molecule has 0 aliphatic carbocycles. The van der Waals surface area contributed by atoms with Crippen molar-refractivity contribution in [3.05, 3.63) is 84.9 Å². The van der Waals surface area contributed by atoms with E-state index in [0.717, 1.165) is 0 Å². The van der Waals surface area contributed by atoms with E-state index in [2.05, 4.69) is 84.9 Å². The van der Waals surface area contributed by atoms with Crippen LogP contribution >= 0.6 is 45.3 Å². The number of thiophene rings is 4. The zero-order valence-electron chi connectivity index (χ0n) is 17.7. The molecule has 0 atom stereocenters. The Balaban J connectivity index is 1.39. The van der Waals surface area contributed by atoms with Gasteiger partial charge in [-0.3, -0.25) is 0 Å². The molecule has 9 aromatic rings. The molecule has 0 saturated carbocycles. The third kappa shape index (κ3) is 2.22. The molecular weight excluding hydrogens is 489 g/mol. The van der Waals surface area contributed by atoms with Gasteiger partial charge in [0.05, 0.1) is 18.8 Å². The molecular formula is C30H14S4. The van der Waals surface area contributed by atoms with E-state index < -0.39 is 0 Å². The Bertz CT molecular complexity index is 2120. The highest BCUT2D eigenvalue weighted by atomic mass is 32.1. The Morgan fingerprint density at radius 1 is 0.324 bits per heavy atom. The minimum absolute atomic E-state index is 1.34. The second kappa shape index (κ2) is 6.35. The van der Waals surface area contributed by atoms with Gasteiger partial charge in [0.25, 0.3) is 0 Å². The summed E-state index contributed by atoms with van der Waals surface area (Å²) in [6, 6.07) is 31.8. The molecule has 0 unspecified atom stereocenters. The summed E-state index contributed by atoms with van der Waals surface area (Å²) >= 11 is 7.78. The average Bonchev–Trinajstić information content (AvgIpc) is 3.60. The van der Waals surface area contributed by atoms with Gasteiger partial charge >= 0.3 is 0 Å². The summed E-state index contributed by atoms with van der Waals surface area (Å²) in [6.45, 7) is 0. The van der Waals surface area contributed by atoms with Gasteiger partial charge in [-0.05, 0) is 35.0 Å². The van der Waals surface area contributed by atoms with Gasteiger partial charge in [-0.15, -0.1) is 45.3 Å². The molecule has 0 aliphatic heterocycles. The molecule has 4 aromatic heterocycles. The maximum absolute atomic E-state index is 2.43. The van der Waals surface area contributed by atoms with Crippen LogP contribution < -0.4 is 0 Å². The van der Waals surface area contributed by atoms with Crippen LogP contribution in [-0.4, -0.2) is 0 Å². The second-order valence-electron chi connectivity index (χ2n) is 8.90. The Morgan fingerprint density at radius 2 is 0.765 bits per heavy atom. The van der Waals surface area contributed by atoms with Crippen molar-refractivity contribution in [2.75, 3.05) is 0 Å². The van der Waals surface area contributed by atoms with E-state index in [4.69, 9.17) is 0 Å². The first-order valence-corrected chi connectivity index (χ1v) is 14.5. The Kier molecular flexibility index (Phi) is 3.42. The van der Waals surface area contributed by atoms with Gasteiger partial charge in [0.1, 0.15) is 0 Å². The number of hydrogen-bond donors (Lipinski definition) is 0. The zero-order chi connectivity index (χ0) is 22.0. The van der Waals surface area contributed by atoms with Crippen LogP contribution in [0.15, 0.2) is 84.9 Å². The lowest BCUT2D eigenvalue weighted by Crippen LogP contribution is -1.77. The fraction of sp³-hybridized carbons (Fsp3) is 0. The summed E-state index contributed by atoms with van der Waals surface area (Å²) in [5.74, 6) is 0. The van der Waals surface area contributed by atoms with Crippen LogP contribution in [0.3, 0.4) is 0 Å². The SMILES string of the molecule is c1ccc2c(c1)sc1c3ccc4cc5c(ccc6c5sc5c7ccccc7sc65)cc4c3sc21. The quantitative estimate of drug-likeness (QED) is 0.181. The molecule has 9 rings (SSSR count). The van der Waals surface area contributed by atoms with Crippen LogP contribution in [0.5, 0.6) is 0 Å². The molecule has 0 saturated heterocycles. The minimum atomic E-state index is 1.34. The van der Waals surface area contributed by atoms with Gasteiger partial charge < -0.3 is 0 Å². The van der Waals surface area contributed by atoms with E-state index in [9.17, 15) is 0 Å². The van der Waals surface area contributed by atoms with Gasteiger partial charge in [0, 0.05) is 51.1 Å². The monoisotopic (exact) mass is 502 g/mol. The molecule has 0 spiro atoms. The van der Waals surface area contributed by atoms with E-state index in [1.165, 1.54) is 80.7 Å². The molecule has 0 amide bonds. The normalized spacial score (nSPS) is 12.7. The maximum Gasteiger partial charge on any atom is 0.0542 e. The van der Waals surface area contributed by atoms with E-state index >= 15 is 0 Å². The summed E-state index contributed by atoms with van der Waals surface area (Å²) in [7, 11) is 0. The van der Waals surface area contributed by atoms with E-state index in [0.29, 0.717) is 0 Å². The minimum Gasteiger partial charge on any atom is -0.134 e. The molecule has 4 heteroatoms. The van der Waals surface area contributed by atoms with Crippen LogP contribution in [0.4, 0.5) is 0 Å². The molecule has 0 bridgehead atoms. The van der Waals surface area contributed by atoms with Crippen molar-refractivity contribution in [3.8, 4) is 0 Å². The van der Waals surface area contributed by atoms with Gasteiger partial charge in [-0.1, -0.05) is 60.7 Å². The Labute approximate surface area is 209 Å². The lowest BCUT2D eigenvalue weighted by molar-refractivity contribution is 1.87. The first-order chi connectivity index (χ1) is 16.8. The van der Waals surface area contributed by atoms with Crippen molar-refractivity contribution in [3.63, 3.8) is 0 Å². The van der Waals surface area contributed by atoms with E-state index in [1.54, 1.807) is 0 Å². The highest BCUT2D eigenvalue weighted by Gasteiger charge is 2.17. The van der Waals surface area contributed by atoms with Crippen molar-refractivity contribution in [1.29, 1.82) is 0 Å². The molecule has 0 radical (unpaired) electrons. The highest BCUT2D eigenvalue weighted by Crippen LogP contribution is 2.49. The summed E-state index contributed by atoms with van der Waals surface area (Å²) in [6.07, 6.45) is 0. The van der Waals surface area contributed by atoms with Crippen molar-refractivity contribution in [2.24, 2.45) is 0 Å². The molecule has 158 valence electrons. The third-order valence-electron chi connectivity index (χ3n) is 7.06. The first kappa shape index (κ1) is 18.3. The predicted molar refractivity (Wildman–Crippen MR) is 158 cm³/mol. The van der Waals surface area contributed by atoms with Crippen LogP contribution in [0, 0.1) is 0 Å². The second-order valence-corrected chi connectivity index (χ2v) is 13.0. The zero-order valence-corrected chi connectivity index (χ0v) is 21.0. The Morgan fingerprint density at radius 3 is 1.26 bits per heavy atom.